The summed E-state index contributed by atoms with van der Waals surface area (Å²) in [5, 5.41) is 11.5. The van der Waals surface area contributed by atoms with Crippen LogP contribution in [0.3, 0.4) is 0 Å². The van der Waals surface area contributed by atoms with E-state index in [0.717, 1.165) is 16.7 Å². The van der Waals surface area contributed by atoms with Crippen LogP contribution < -0.4 is 14.4 Å². The highest BCUT2D eigenvalue weighted by atomic mass is 16.5. The SMILES string of the molecule is COc1ccccc1C1/C(=C(\O)c2cc(C)cc(C)c2OC)C(=O)C(=O)N1c1cccc(C)c1. The van der Waals surface area contributed by atoms with Gasteiger partial charge in [-0.3, -0.25) is 14.5 Å². The lowest BCUT2D eigenvalue weighted by molar-refractivity contribution is -0.132. The van der Waals surface area contributed by atoms with Gasteiger partial charge in [-0.15, -0.1) is 0 Å². The topological polar surface area (TPSA) is 76.1 Å². The van der Waals surface area contributed by atoms with Gasteiger partial charge in [0.1, 0.15) is 17.3 Å². The first-order valence-electron chi connectivity index (χ1n) is 10.9. The van der Waals surface area contributed by atoms with E-state index in [2.05, 4.69) is 0 Å². The number of aryl methyl sites for hydroxylation is 3. The van der Waals surface area contributed by atoms with E-state index in [1.807, 2.05) is 57.2 Å². The highest BCUT2D eigenvalue weighted by Gasteiger charge is 2.48. The van der Waals surface area contributed by atoms with Crippen molar-refractivity contribution < 1.29 is 24.2 Å². The Morgan fingerprint density at radius 3 is 2.29 bits per heavy atom. The number of hydrogen-bond acceptors (Lipinski definition) is 5. The van der Waals surface area contributed by atoms with E-state index in [-0.39, 0.29) is 11.3 Å². The number of carbonyl (C=O) groups is 2. The molecule has 0 saturated carbocycles. The van der Waals surface area contributed by atoms with Crippen molar-refractivity contribution in [2.24, 2.45) is 0 Å². The van der Waals surface area contributed by atoms with Gasteiger partial charge < -0.3 is 14.6 Å². The zero-order valence-electron chi connectivity index (χ0n) is 19.9. The quantitative estimate of drug-likeness (QED) is 0.322. The minimum atomic E-state index is -0.886. The third-order valence-electron chi connectivity index (χ3n) is 6.04. The predicted molar refractivity (Wildman–Crippen MR) is 131 cm³/mol. The van der Waals surface area contributed by atoms with Crippen LogP contribution in [0.25, 0.3) is 5.76 Å². The average Bonchev–Trinajstić information content (AvgIpc) is 3.08. The van der Waals surface area contributed by atoms with Crippen LogP contribution >= 0.6 is 0 Å². The molecular formula is C28H27NO5. The molecule has 1 fully saturated rings. The minimum absolute atomic E-state index is 0.0145. The van der Waals surface area contributed by atoms with Crippen LogP contribution in [-0.4, -0.2) is 31.0 Å². The molecule has 1 saturated heterocycles. The van der Waals surface area contributed by atoms with E-state index in [1.165, 1.54) is 19.1 Å². The third kappa shape index (κ3) is 3.81. The standard InChI is InChI=1S/C28H27NO5/c1-16-9-8-10-19(14-16)29-24(20-11-6-7-12-22(20)33-4)23(26(31)28(29)32)25(30)21-15-17(2)13-18(3)27(21)34-5/h6-15,24,30H,1-5H3/b25-23+. The Kier molecular flexibility index (Phi) is 6.16. The molecule has 0 bridgehead atoms. The van der Waals surface area contributed by atoms with Crippen molar-refractivity contribution in [1.82, 2.24) is 0 Å². The largest absolute Gasteiger partial charge is 0.507 e. The van der Waals surface area contributed by atoms with Crippen LogP contribution in [0.1, 0.15) is 33.9 Å². The molecule has 0 aromatic heterocycles. The van der Waals surface area contributed by atoms with Crippen molar-refractivity contribution in [3.63, 3.8) is 0 Å². The lowest BCUT2D eigenvalue weighted by Crippen LogP contribution is -2.29. The van der Waals surface area contributed by atoms with E-state index < -0.39 is 17.7 Å². The maximum absolute atomic E-state index is 13.5. The summed E-state index contributed by atoms with van der Waals surface area (Å²) in [4.78, 5) is 28.3. The lowest BCUT2D eigenvalue weighted by atomic mass is 9.93. The summed E-state index contributed by atoms with van der Waals surface area (Å²) in [6.07, 6.45) is 0. The number of anilines is 1. The van der Waals surface area contributed by atoms with Gasteiger partial charge in [-0.05, 0) is 61.7 Å². The van der Waals surface area contributed by atoms with E-state index in [1.54, 1.807) is 24.3 Å². The van der Waals surface area contributed by atoms with Crippen LogP contribution in [0.5, 0.6) is 11.5 Å². The average molecular weight is 458 g/mol. The van der Waals surface area contributed by atoms with E-state index in [9.17, 15) is 14.7 Å². The first-order valence-corrected chi connectivity index (χ1v) is 10.9. The van der Waals surface area contributed by atoms with Gasteiger partial charge in [0.2, 0.25) is 0 Å². The second-order valence-electron chi connectivity index (χ2n) is 8.41. The molecule has 3 aromatic carbocycles. The van der Waals surface area contributed by atoms with Gasteiger partial charge in [0, 0.05) is 11.3 Å². The van der Waals surface area contributed by atoms with Gasteiger partial charge in [0.05, 0.1) is 31.4 Å². The van der Waals surface area contributed by atoms with Crippen LogP contribution in [0.4, 0.5) is 5.69 Å². The van der Waals surface area contributed by atoms with E-state index in [0.29, 0.717) is 28.3 Å². The number of hydrogen-bond donors (Lipinski definition) is 1. The smallest absolute Gasteiger partial charge is 0.300 e. The molecule has 6 nitrogen and oxygen atoms in total. The van der Waals surface area contributed by atoms with E-state index >= 15 is 0 Å². The van der Waals surface area contributed by atoms with Crippen molar-refractivity contribution in [2.75, 3.05) is 19.1 Å². The zero-order chi connectivity index (χ0) is 24.6. The summed E-state index contributed by atoms with van der Waals surface area (Å²) < 4.78 is 11.1. The van der Waals surface area contributed by atoms with Crippen molar-refractivity contribution >= 4 is 23.1 Å². The Morgan fingerprint density at radius 1 is 0.882 bits per heavy atom. The number of rotatable bonds is 5. The van der Waals surface area contributed by atoms with Gasteiger partial charge >= 0.3 is 0 Å². The lowest BCUT2D eigenvalue weighted by Gasteiger charge is -2.27. The highest BCUT2D eigenvalue weighted by Crippen LogP contribution is 2.46. The van der Waals surface area contributed by atoms with Crippen molar-refractivity contribution in [1.29, 1.82) is 0 Å². The fourth-order valence-electron chi connectivity index (χ4n) is 4.61. The zero-order valence-corrected chi connectivity index (χ0v) is 19.9. The maximum Gasteiger partial charge on any atom is 0.300 e. The second-order valence-corrected chi connectivity index (χ2v) is 8.41. The molecule has 34 heavy (non-hydrogen) atoms. The molecule has 4 rings (SSSR count). The molecule has 1 aliphatic heterocycles. The molecule has 3 aromatic rings. The predicted octanol–water partition coefficient (Wildman–Crippen LogP) is 5.26. The molecule has 174 valence electrons. The summed E-state index contributed by atoms with van der Waals surface area (Å²) in [5.74, 6) is -0.815. The first-order chi connectivity index (χ1) is 16.3. The number of ketones is 1. The summed E-state index contributed by atoms with van der Waals surface area (Å²) in [7, 11) is 3.04. The number of nitrogens with zero attached hydrogens (tertiary/aromatic N) is 1. The first kappa shape index (κ1) is 23.1. The Balaban J connectivity index is 2.05. The monoisotopic (exact) mass is 457 g/mol. The molecule has 1 aliphatic rings. The highest BCUT2D eigenvalue weighted by molar-refractivity contribution is 6.51. The number of ether oxygens (including phenoxy) is 2. The molecule has 0 spiro atoms. The van der Waals surface area contributed by atoms with Crippen LogP contribution in [-0.2, 0) is 9.59 Å². The normalized spacial score (nSPS) is 17.2. The van der Waals surface area contributed by atoms with Gasteiger partial charge in [0.25, 0.3) is 11.7 Å². The Morgan fingerprint density at radius 2 is 1.62 bits per heavy atom. The number of benzene rings is 3. The Bertz CT molecular complexity index is 1320. The molecule has 0 aliphatic carbocycles. The number of aliphatic hydroxyl groups excluding tert-OH is 1. The number of aliphatic hydroxyl groups is 1. The molecular weight excluding hydrogens is 430 g/mol. The molecule has 1 N–H and O–H groups in total. The van der Waals surface area contributed by atoms with Crippen molar-refractivity contribution in [2.45, 2.75) is 26.8 Å². The maximum atomic E-state index is 13.5. The molecule has 1 heterocycles. The van der Waals surface area contributed by atoms with Gasteiger partial charge in [0.15, 0.2) is 0 Å². The summed E-state index contributed by atoms with van der Waals surface area (Å²) in [6, 6.07) is 17.3. The van der Waals surface area contributed by atoms with Crippen molar-refractivity contribution in [3.05, 3.63) is 94.1 Å². The second kappa shape index (κ2) is 9.06. The number of para-hydroxylation sites is 1. The van der Waals surface area contributed by atoms with Gasteiger partial charge in [-0.1, -0.05) is 36.4 Å². The van der Waals surface area contributed by atoms with Gasteiger partial charge in [-0.2, -0.15) is 0 Å². The van der Waals surface area contributed by atoms with Crippen LogP contribution in [0, 0.1) is 20.8 Å². The number of Topliss-reactive ketones (excluding diaryl/α,β-unsaturated/α-hetero) is 1. The van der Waals surface area contributed by atoms with Crippen molar-refractivity contribution in [3.8, 4) is 11.5 Å². The summed E-state index contributed by atoms with van der Waals surface area (Å²) in [6.45, 7) is 5.68. The molecule has 1 atom stereocenters. The molecule has 0 radical (unpaired) electrons. The van der Waals surface area contributed by atoms with E-state index in [4.69, 9.17) is 9.47 Å². The fourth-order valence-corrected chi connectivity index (χ4v) is 4.61. The Hall–Kier alpha value is -4.06. The minimum Gasteiger partial charge on any atom is -0.507 e. The molecule has 1 unspecified atom stereocenters. The summed E-state index contributed by atoms with van der Waals surface area (Å²) in [5.41, 5.74) is 4.14. The number of carbonyl (C=O) groups excluding carboxylic acids is 2. The van der Waals surface area contributed by atoms with Crippen LogP contribution in [0.2, 0.25) is 0 Å². The van der Waals surface area contributed by atoms with Crippen LogP contribution in [0.15, 0.2) is 66.2 Å². The molecule has 1 amide bonds. The van der Waals surface area contributed by atoms with Gasteiger partial charge in [-0.25, -0.2) is 0 Å². The Labute approximate surface area is 199 Å². The fraction of sp³-hybridized carbons (Fsp3) is 0.214. The summed E-state index contributed by atoms with van der Waals surface area (Å²) >= 11 is 0. The number of amides is 1. The molecule has 6 heteroatoms. The number of methoxy groups -OCH3 is 2. The third-order valence-corrected chi connectivity index (χ3v) is 6.04.